The molecule has 42 heavy (non-hydrogen) atoms. The molecule has 0 atom stereocenters. The molecule has 0 radical (unpaired) electrons. The van der Waals surface area contributed by atoms with Crippen molar-refractivity contribution in [2.24, 2.45) is 0 Å². The molecular formula is C34H18N8. The summed E-state index contributed by atoms with van der Waals surface area (Å²) >= 11 is 0. The van der Waals surface area contributed by atoms with Crippen LogP contribution in [0.3, 0.4) is 0 Å². The average Bonchev–Trinajstić information content (AvgIpc) is 3.06. The van der Waals surface area contributed by atoms with Gasteiger partial charge >= 0.3 is 0 Å². The van der Waals surface area contributed by atoms with Crippen LogP contribution in [0.5, 0.6) is 0 Å². The molecular weight excluding hydrogens is 520 g/mol. The van der Waals surface area contributed by atoms with Crippen LogP contribution in [0.1, 0.15) is 45.3 Å². The highest BCUT2D eigenvalue weighted by molar-refractivity contribution is 5.80. The van der Waals surface area contributed by atoms with Crippen LogP contribution in [0.15, 0.2) is 84.9 Å². The molecule has 8 heteroatoms. The number of aromatic nitrogens is 4. The quantitative estimate of drug-likeness (QED) is 0.240. The molecule has 8 nitrogen and oxygen atoms in total. The van der Waals surface area contributed by atoms with Gasteiger partial charge in [0.15, 0.2) is 22.8 Å². The number of benzene rings is 3. The predicted molar refractivity (Wildman–Crippen MR) is 158 cm³/mol. The van der Waals surface area contributed by atoms with E-state index in [1.807, 2.05) is 121 Å². The monoisotopic (exact) mass is 538 g/mol. The minimum absolute atomic E-state index is 0.0195. The first-order valence-corrected chi connectivity index (χ1v) is 12.6. The van der Waals surface area contributed by atoms with E-state index >= 15 is 0 Å². The lowest BCUT2D eigenvalue weighted by atomic mass is 10.1. The Kier molecular flexibility index (Phi) is 7.93. The molecule has 2 heterocycles. The van der Waals surface area contributed by atoms with Crippen LogP contribution < -0.4 is 0 Å². The Bertz CT molecular complexity index is 1850. The third kappa shape index (κ3) is 5.80. The summed E-state index contributed by atoms with van der Waals surface area (Å²) < 4.78 is 0. The summed E-state index contributed by atoms with van der Waals surface area (Å²) in [4.78, 5) is 17.6. The Morgan fingerprint density at radius 1 is 0.405 bits per heavy atom. The topological polar surface area (TPSA) is 147 Å². The van der Waals surface area contributed by atoms with Gasteiger partial charge in [0.1, 0.15) is 24.3 Å². The summed E-state index contributed by atoms with van der Waals surface area (Å²) in [5.41, 5.74) is 5.20. The molecule has 0 bridgehead atoms. The Morgan fingerprint density at radius 2 is 0.738 bits per heavy atom. The number of hydrogen-bond donors (Lipinski definition) is 0. The Balaban J connectivity index is 1.44. The highest BCUT2D eigenvalue weighted by atomic mass is 14.9. The maximum absolute atomic E-state index is 9.45. The second kappa shape index (κ2) is 12.4. The number of rotatable bonds is 6. The standard InChI is InChI=1S/C34H18N8/c35-19-29-31(21-37)41-33(25-7-3-1-4-8-25)27(39-29)17-15-23-11-13-24(14-12-23)16-18-28-34(26-9-5-2-6-10-26)42-32(22-38)30(20-36)40-28/h1-18H/b17-15+,18-16+. The van der Waals surface area contributed by atoms with E-state index in [2.05, 4.69) is 19.9 Å². The summed E-state index contributed by atoms with van der Waals surface area (Å²) in [6.07, 6.45) is 7.25. The first kappa shape index (κ1) is 26.9. The maximum atomic E-state index is 9.45. The van der Waals surface area contributed by atoms with Crippen molar-refractivity contribution in [2.45, 2.75) is 0 Å². The van der Waals surface area contributed by atoms with Gasteiger partial charge in [-0.2, -0.15) is 21.0 Å². The molecule has 194 valence electrons. The molecule has 0 aliphatic carbocycles. The molecule has 5 aromatic rings. The van der Waals surface area contributed by atoms with Gasteiger partial charge in [-0.1, -0.05) is 97.1 Å². The van der Waals surface area contributed by atoms with Crippen molar-refractivity contribution in [2.75, 3.05) is 0 Å². The minimum Gasteiger partial charge on any atom is -0.232 e. The van der Waals surface area contributed by atoms with E-state index in [-0.39, 0.29) is 22.8 Å². The SMILES string of the molecule is N#Cc1nc(/C=C/c2ccc(/C=C/c3nc(C#N)c(C#N)nc3-c3ccccc3)cc2)c(-c2ccccc2)nc1C#N. The summed E-state index contributed by atoms with van der Waals surface area (Å²) in [6.45, 7) is 0. The van der Waals surface area contributed by atoms with Crippen LogP contribution >= 0.6 is 0 Å². The van der Waals surface area contributed by atoms with Gasteiger partial charge in [0.2, 0.25) is 0 Å². The van der Waals surface area contributed by atoms with E-state index in [0.29, 0.717) is 22.8 Å². The zero-order valence-corrected chi connectivity index (χ0v) is 22.0. The predicted octanol–water partition coefficient (Wildman–Crippen LogP) is 6.43. The molecule has 0 amide bonds. The lowest BCUT2D eigenvalue weighted by Gasteiger charge is -2.07. The lowest BCUT2D eigenvalue weighted by molar-refractivity contribution is 1.12. The van der Waals surface area contributed by atoms with Crippen molar-refractivity contribution < 1.29 is 0 Å². The number of nitriles is 4. The van der Waals surface area contributed by atoms with E-state index in [9.17, 15) is 21.0 Å². The van der Waals surface area contributed by atoms with E-state index < -0.39 is 0 Å². The fraction of sp³-hybridized carbons (Fsp3) is 0. The van der Waals surface area contributed by atoms with E-state index in [1.54, 1.807) is 12.2 Å². The molecule has 3 aromatic carbocycles. The summed E-state index contributed by atoms with van der Waals surface area (Å²) in [5.74, 6) is 0. The fourth-order valence-electron chi connectivity index (χ4n) is 4.13. The Hall–Kier alpha value is -6.74. The second-order valence-electron chi connectivity index (χ2n) is 8.82. The van der Waals surface area contributed by atoms with Gasteiger partial charge in [-0.15, -0.1) is 0 Å². The lowest BCUT2D eigenvalue weighted by Crippen LogP contribution is -2.01. The van der Waals surface area contributed by atoms with Crippen molar-refractivity contribution in [3.05, 3.63) is 130 Å². The van der Waals surface area contributed by atoms with Gasteiger partial charge in [0.05, 0.1) is 22.8 Å². The molecule has 2 aromatic heterocycles. The Labute approximate surface area is 242 Å². The third-order valence-electron chi connectivity index (χ3n) is 6.17. The fourth-order valence-corrected chi connectivity index (χ4v) is 4.13. The van der Waals surface area contributed by atoms with Crippen LogP contribution in [-0.4, -0.2) is 19.9 Å². The molecule has 0 saturated heterocycles. The van der Waals surface area contributed by atoms with Gasteiger partial charge in [0, 0.05) is 11.1 Å². The largest absolute Gasteiger partial charge is 0.232 e. The third-order valence-corrected chi connectivity index (χ3v) is 6.17. The van der Waals surface area contributed by atoms with Gasteiger partial charge in [0.25, 0.3) is 0 Å². The minimum atomic E-state index is -0.0300. The first-order chi connectivity index (χ1) is 20.6. The zero-order valence-electron chi connectivity index (χ0n) is 22.0. The molecule has 0 aliphatic rings. The summed E-state index contributed by atoms with van der Waals surface area (Å²) in [5, 5.41) is 37.7. The molecule has 0 N–H and O–H groups in total. The highest BCUT2D eigenvalue weighted by Crippen LogP contribution is 2.25. The molecule has 0 saturated carbocycles. The van der Waals surface area contributed by atoms with Gasteiger partial charge in [-0.25, -0.2) is 19.9 Å². The van der Waals surface area contributed by atoms with Crippen molar-refractivity contribution in [3.8, 4) is 46.8 Å². The number of hydrogen-bond acceptors (Lipinski definition) is 8. The summed E-state index contributed by atoms with van der Waals surface area (Å²) in [6, 6.07) is 34.2. The molecule has 0 spiro atoms. The van der Waals surface area contributed by atoms with Gasteiger partial charge in [-0.05, 0) is 23.3 Å². The normalized spacial score (nSPS) is 10.6. The first-order valence-electron chi connectivity index (χ1n) is 12.6. The maximum Gasteiger partial charge on any atom is 0.177 e. The van der Waals surface area contributed by atoms with E-state index in [1.165, 1.54) is 0 Å². The smallest absolute Gasteiger partial charge is 0.177 e. The Morgan fingerprint density at radius 3 is 1.07 bits per heavy atom. The highest BCUT2D eigenvalue weighted by Gasteiger charge is 2.14. The van der Waals surface area contributed by atoms with Crippen LogP contribution in [0.4, 0.5) is 0 Å². The van der Waals surface area contributed by atoms with Crippen molar-refractivity contribution in [1.29, 1.82) is 21.0 Å². The molecule has 5 rings (SSSR count). The molecule has 0 fully saturated rings. The molecule has 0 aliphatic heterocycles. The second-order valence-corrected chi connectivity index (χ2v) is 8.82. The average molecular weight is 539 g/mol. The van der Waals surface area contributed by atoms with Crippen molar-refractivity contribution in [1.82, 2.24) is 19.9 Å². The van der Waals surface area contributed by atoms with Crippen LogP contribution in [0, 0.1) is 45.3 Å². The van der Waals surface area contributed by atoms with Crippen molar-refractivity contribution >= 4 is 24.3 Å². The van der Waals surface area contributed by atoms with Crippen LogP contribution in [0.2, 0.25) is 0 Å². The van der Waals surface area contributed by atoms with E-state index in [0.717, 1.165) is 22.3 Å². The van der Waals surface area contributed by atoms with Crippen LogP contribution in [-0.2, 0) is 0 Å². The summed E-state index contributed by atoms with van der Waals surface area (Å²) in [7, 11) is 0. The van der Waals surface area contributed by atoms with Crippen molar-refractivity contribution in [3.63, 3.8) is 0 Å². The van der Waals surface area contributed by atoms with Gasteiger partial charge < -0.3 is 0 Å². The number of nitrogens with zero attached hydrogens (tertiary/aromatic N) is 8. The van der Waals surface area contributed by atoms with Crippen LogP contribution in [0.25, 0.3) is 46.8 Å². The van der Waals surface area contributed by atoms with E-state index in [4.69, 9.17) is 0 Å². The van der Waals surface area contributed by atoms with Gasteiger partial charge in [-0.3, -0.25) is 0 Å². The molecule has 0 unspecified atom stereocenters. The zero-order chi connectivity index (χ0) is 29.3.